The van der Waals surface area contributed by atoms with Crippen molar-refractivity contribution in [2.24, 2.45) is 5.73 Å². The van der Waals surface area contributed by atoms with Gasteiger partial charge in [0.25, 0.3) is 0 Å². The molecule has 2 N–H and O–H groups in total. The molecule has 72 valence electrons. The summed E-state index contributed by atoms with van der Waals surface area (Å²) in [4.78, 5) is 0. The lowest BCUT2D eigenvalue weighted by Gasteiger charge is -2.18. The molecule has 0 atom stereocenters. The van der Waals surface area contributed by atoms with E-state index in [9.17, 15) is 0 Å². The topological polar surface area (TPSA) is 35.2 Å². The molecule has 0 saturated heterocycles. The van der Waals surface area contributed by atoms with Gasteiger partial charge in [-0.1, -0.05) is 15.9 Å². The highest BCUT2D eigenvalue weighted by Crippen LogP contribution is 2.16. The number of halogens is 1. The van der Waals surface area contributed by atoms with Gasteiger partial charge in [-0.3, -0.25) is 0 Å². The highest BCUT2D eigenvalue weighted by Gasteiger charge is 2.10. The van der Waals surface area contributed by atoms with Crippen molar-refractivity contribution in [1.82, 2.24) is 0 Å². The molecule has 0 aliphatic heterocycles. The van der Waals surface area contributed by atoms with Crippen LogP contribution in [0.25, 0.3) is 0 Å². The Balaban J connectivity index is 2.51. The zero-order chi connectivity index (χ0) is 9.90. The van der Waals surface area contributed by atoms with E-state index in [0.29, 0.717) is 6.61 Å². The average Bonchev–Trinajstić information content (AvgIpc) is 2.02. The average molecular weight is 244 g/mol. The van der Waals surface area contributed by atoms with Crippen molar-refractivity contribution in [3.05, 3.63) is 28.7 Å². The fourth-order valence-corrected chi connectivity index (χ4v) is 1.06. The van der Waals surface area contributed by atoms with Crippen molar-refractivity contribution in [1.29, 1.82) is 0 Å². The summed E-state index contributed by atoms with van der Waals surface area (Å²) < 4.78 is 6.53. The Morgan fingerprint density at radius 2 is 1.85 bits per heavy atom. The van der Waals surface area contributed by atoms with Crippen LogP contribution in [0.5, 0.6) is 5.75 Å². The Hall–Kier alpha value is -0.540. The Kier molecular flexibility index (Phi) is 3.33. The zero-order valence-electron chi connectivity index (χ0n) is 7.88. The van der Waals surface area contributed by atoms with Crippen molar-refractivity contribution in [3.8, 4) is 5.75 Å². The van der Waals surface area contributed by atoms with E-state index in [-0.39, 0.29) is 5.54 Å². The minimum atomic E-state index is -0.285. The van der Waals surface area contributed by atoms with Gasteiger partial charge in [0.1, 0.15) is 12.4 Å². The fourth-order valence-electron chi connectivity index (χ4n) is 0.800. The summed E-state index contributed by atoms with van der Waals surface area (Å²) in [5.74, 6) is 0.849. The minimum absolute atomic E-state index is 0.285. The summed E-state index contributed by atoms with van der Waals surface area (Å²) >= 11 is 3.36. The van der Waals surface area contributed by atoms with E-state index in [4.69, 9.17) is 10.5 Å². The SMILES string of the molecule is CC(C)(N)COc1ccc(Br)cc1. The molecule has 0 aliphatic rings. The van der Waals surface area contributed by atoms with Gasteiger partial charge >= 0.3 is 0 Å². The molecule has 3 heteroatoms. The Morgan fingerprint density at radius 1 is 1.31 bits per heavy atom. The molecule has 0 bridgehead atoms. The van der Waals surface area contributed by atoms with Crippen LogP contribution in [0, 0.1) is 0 Å². The van der Waals surface area contributed by atoms with E-state index in [1.54, 1.807) is 0 Å². The monoisotopic (exact) mass is 243 g/mol. The molecular weight excluding hydrogens is 230 g/mol. The third-order valence-corrected chi connectivity index (χ3v) is 1.95. The molecule has 0 amide bonds. The highest BCUT2D eigenvalue weighted by atomic mass is 79.9. The summed E-state index contributed by atoms with van der Waals surface area (Å²) in [6, 6.07) is 7.71. The molecule has 0 aromatic heterocycles. The smallest absolute Gasteiger partial charge is 0.119 e. The Morgan fingerprint density at radius 3 is 2.31 bits per heavy atom. The third kappa shape index (κ3) is 4.29. The van der Waals surface area contributed by atoms with Crippen LogP contribution in [0.2, 0.25) is 0 Å². The van der Waals surface area contributed by atoms with Crippen molar-refractivity contribution in [2.75, 3.05) is 6.61 Å². The van der Waals surface area contributed by atoms with Gasteiger partial charge < -0.3 is 10.5 Å². The Bertz CT molecular complexity index is 263. The maximum Gasteiger partial charge on any atom is 0.119 e. The van der Waals surface area contributed by atoms with E-state index < -0.39 is 0 Å². The van der Waals surface area contributed by atoms with Crippen LogP contribution in [0.4, 0.5) is 0 Å². The second-order valence-electron chi connectivity index (χ2n) is 3.73. The lowest BCUT2D eigenvalue weighted by molar-refractivity contribution is 0.243. The maximum absolute atomic E-state index is 5.78. The lowest BCUT2D eigenvalue weighted by Crippen LogP contribution is -2.38. The first kappa shape index (κ1) is 10.5. The van der Waals surface area contributed by atoms with Crippen LogP contribution < -0.4 is 10.5 Å². The number of ether oxygens (including phenoxy) is 1. The maximum atomic E-state index is 5.78. The van der Waals surface area contributed by atoms with E-state index in [0.717, 1.165) is 10.2 Å². The van der Waals surface area contributed by atoms with Gasteiger partial charge in [-0.25, -0.2) is 0 Å². The third-order valence-electron chi connectivity index (χ3n) is 1.42. The number of hydrogen-bond acceptors (Lipinski definition) is 2. The van der Waals surface area contributed by atoms with E-state index in [1.165, 1.54) is 0 Å². The first-order valence-electron chi connectivity index (χ1n) is 4.15. The molecule has 0 spiro atoms. The van der Waals surface area contributed by atoms with Crippen molar-refractivity contribution >= 4 is 15.9 Å². The predicted molar refractivity (Wildman–Crippen MR) is 57.9 cm³/mol. The molecule has 0 heterocycles. The van der Waals surface area contributed by atoms with Crippen LogP contribution in [0.3, 0.4) is 0 Å². The van der Waals surface area contributed by atoms with Gasteiger partial charge in [0.05, 0.1) is 0 Å². The summed E-state index contributed by atoms with van der Waals surface area (Å²) in [7, 11) is 0. The molecule has 0 radical (unpaired) electrons. The number of nitrogens with two attached hydrogens (primary N) is 1. The highest BCUT2D eigenvalue weighted by molar-refractivity contribution is 9.10. The largest absolute Gasteiger partial charge is 0.492 e. The van der Waals surface area contributed by atoms with Gasteiger partial charge in [-0.2, -0.15) is 0 Å². The Labute approximate surface area is 87.2 Å². The van der Waals surface area contributed by atoms with Crippen molar-refractivity contribution < 1.29 is 4.74 Å². The van der Waals surface area contributed by atoms with Crippen LogP contribution >= 0.6 is 15.9 Å². The lowest BCUT2D eigenvalue weighted by atomic mass is 10.1. The first-order valence-corrected chi connectivity index (χ1v) is 4.94. The number of rotatable bonds is 3. The van der Waals surface area contributed by atoms with Crippen molar-refractivity contribution in [2.45, 2.75) is 19.4 Å². The van der Waals surface area contributed by atoms with Gasteiger partial charge in [0.15, 0.2) is 0 Å². The molecular formula is C10H14BrNO. The molecule has 0 aliphatic carbocycles. The van der Waals surface area contributed by atoms with Crippen LogP contribution in [0.15, 0.2) is 28.7 Å². The normalized spacial score (nSPS) is 11.4. The zero-order valence-corrected chi connectivity index (χ0v) is 9.47. The molecule has 1 aromatic rings. The second kappa shape index (κ2) is 4.11. The quantitative estimate of drug-likeness (QED) is 0.886. The fraction of sp³-hybridized carbons (Fsp3) is 0.400. The predicted octanol–water partition coefficient (Wildman–Crippen LogP) is 2.57. The van der Waals surface area contributed by atoms with E-state index in [1.807, 2.05) is 38.1 Å². The molecule has 13 heavy (non-hydrogen) atoms. The van der Waals surface area contributed by atoms with Crippen LogP contribution in [-0.4, -0.2) is 12.1 Å². The second-order valence-corrected chi connectivity index (χ2v) is 4.65. The number of hydrogen-bond donors (Lipinski definition) is 1. The van der Waals surface area contributed by atoms with Crippen LogP contribution in [0.1, 0.15) is 13.8 Å². The van der Waals surface area contributed by atoms with Gasteiger partial charge in [-0.05, 0) is 38.1 Å². The summed E-state index contributed by atoms with van der Waals surface area (Å²) in [6.45, 7) is 4.40. The summed E-state index contributed by atoms with van der Waals surface area (Å²) in [6.07, 6.45) is 0. The molecule has 0 saturated carbocycles. The summed E-state index contributed by atoms with van der Waals surface area (Å²) in [5.41, 5.74) is 5.49. The minimum Gasteiger partial charge on any atom is -0.492 e. The standard InChI is InChI=1S/C10H14BrNO/c1-10(2,12)7-13-9-5-3-8(11)4-6-9/h3-6H,7,12H2,1-2H3. The van der Waals surface area contributed by atoms with Gasteiger partial charge in [0, 0.05) is 10.0 Å². The molecule has 2 nitrogen and oxygen atoms in total. The number of benzene rings is 1. The molecule has 1 rings (SSSR count). The van der Waals surface area contributed by atoms with E-state index in [2.05, 4.69) is 15.9 Å². The molecule has 0 unspecified atom stereocenters. The van der Waals surface area contributed by atoms with Gasteiger partial charge in [0.2, 0.25) is 0 Å². The van der Waals surface area contributed by atoms with Crippen molar-refractivity contribution in [3.63, 3.8) is 0 Å². The van der Waals surface area contributed by atoms with Crippen LogP contribution in [-0.2, 0) is 0 Å². The van der Waals surface area contributed by atoms with E-state index >= 15 is 0 Å². The first-order chi connectivity index (χ1) is 5.97. The molecule has 0 fully saturated rings. The van der Waals surface area contributed by atoms with Gasteiger partial charge in [-0.15, -0.1) is 0 Å². The molecule has 1 aromatic carbocycles. The summed E-state index contributed by atoms with van der Waals surface area (Å²) in [5, 5.41) is 0.